The minimum atomic E-state index is 0.0507. The molecule has 98 valence electrons. The second-order valence-corrected chi connectivity index (χ2v) is 5.34. The zero-order valence-corrected chi connectivity index (χ0v) is 11.9. The van der Waals surface area contributed by atoms with Gasteiger partial charge in [0.05, 0.1) is 19.0 Å². The smallest absolute Gasteiger partial charge is 0.160 e. The van der Waals surface area contributed by atoms with Crippen LogP contribution >= 0.6 is 0 Å². The number of ether oxygens (including phenoxy) is 1. The molecular weight excluding hydrogens is 214 g/mol. The average molecular weight is 239 g/mol. The lowest BCUT2D eigenvalue weighted by Crippen LogP contribution is -2.28. The summed E-state index contributed by atoms with van der Waals surface area (Å²) in [5.74, 6) is 0.889. The Kier molecular flexibility index (Phi) is 4.57. The van der Waals surface area contributed by atoms with Gasteiger partial charge in [-0.25, -0.2) is 0 Å². The SMILES string of the molecule is CNCCC(C)(C)c1c(OC)cnn1C(C)C. The van der Waals surface area contributed by atoms with Gasteiger partial charge in [0.1, 0.15) is 0 Å². The van der Waals surface area contributed by atoms with Crippen LogP contribution in [0.4, 0.5) is 0 Å². The van der Waals surface area contributed by atoms with Crippen molar-refractivity contribution in [1.29, 1.82) is 0 Å². The van der Waals surface area contributed by atoms with Crippen molar-refractivity contribution in [2.24, 2.45) is 0 Å². The molecule has 0 saturated heterocycles. The maximum Gasteiger partial charge on any atom is 0.160 e. The van der Waals surface area contributed by atoms with Crippen molar-refractivity contribution in [3.63, 3.8) is 0 Å². The molecule has 0 saturated carbocycles. The molecule has 0 fully saturated rings. The van der Waals surface area contributed by atoms with Crippen molar-refractivity contribution in [1.82, 2.24) is 15.1 Å². The van der Waals surface area contributed by atoms with E-state index in [1.54, 1.807) is 7.11 Å². The van der Waals surface area contributed by atoms with Gasteiger partial charge in [-0.3, -0.25) is 4.68 Å². The first kappa shape index (κ1) is 14.0. The minimum Gasteiger partial charge on any atom is -0.493 e. The normalized spacial score (nSPS) is 12.2. The Morgan fingerprint density at radius 1 is 1.47 bits per heavy atom. The van der Waals surface area contributed by atoms with Gasteiger partial charge in [0, 0.05) is 11.5 Å². The van der Waals surface area contributed by atoms with Crippen molar-refractivity contribution in [3.8, 4) is 5.75 Å². The van der Waals surface area contributed by atoms with Gasteiger partial charge >= 0.3 is 0 Å². The topological polar surface area (TPSA) is 39.1 Å². The lowest BCUT2D eigenvalue weighted by Gasteiger charge is -2.28. The summed E-state index contributed by atoms with van der Waals surface area (Å²) in [6, 6.07) is 0.350. The zero-order valence-electron chi connectivity index (χ0n) is 11.9. The van der Waals surface area contributed by atoms with Crippen LogP contribution in [0, 0.1) is 0 Å². The van der Waals surface area contributed by atoms with Crippen LogP contribution in [0.3, 0.4) is 0 Å². The first-order valence-electron chi connectivity index (χ1n) is 6.20. The van der Waals surface area contributed by atoms with E-state index in [4.69, 9.17) is 4.74 Å². The van der Waals surface area contributed by atoms with Crippen LogP contribution in [0.15, 0.2) is 6.20 Å². The molecule has 0 aliphatic carbocycles. The molecule has 4 nitrogen and oxygen atoms in total. The number of nitrogens with zero attached hydrogens (tertiary/aromatic N) is 2. The van der Waals surface area contributed by atoms with Gasteiger partial charge in [0.15, 0.2) is 5.75 Å². The summed E-state index contributed by atoms with van der Waals surface area (Å²) in [6.07, 6.45) is 2.87. The summed E-state index contributed by atoms with van der Waals surface area (Å²) in [4.78, 5) is 0. The second kappa shape index (κ2) is 5.54. The Bertz CT molecular complexity index is 356. The third kappa shape index (κ3) is 3.00. The van der Waals surface area contributed by atoms with E-state index in [9.17, 15) is 0 Å². The fourth-order valence-corrected chi connectivity index (χ4v) is 2.09. The summed E-state index contributed by atoms with van der Waals surface area (Å²) in [6.45, 7) is 9.75. The molecule has 0 atom stereocenters. The van der Waals surface area contributed by atoms with Gasteiger partial charge < -0.3 is 10.1 Å². The molecule has 1 heterocycles. The molecule has 0 bridgehead atoms. The molecule has 0 amide bonds. The summed E-state index contributed by atoms with van der Waals surface area (Å²) in [5, 5.41) is 7.63. The van der Waals surface area contributed by atoms with Crippen LogP contribution in [0.5, 0.6) is 5.75 Å². The van der Waals surface area contributed by atoms with Gasteiger partial charge in [-0.2, -0.15) is 5.10 Å². The Hall–Kier alpha value is -1.03. The van der Waals surface area contributed by atoms with Crippen molar-refractivity contribution >= 4 is 0 Å². The fourth-order valence-electron chi connectivity index (χ4n) is 2.09. The molecule has 1 rings (SSSR count). The van der Waals surface area contributed by atoms with E-state index in [-0.39, 0.29) is 5.41 Å². The van der Waals surface area contributed by atoms with Crippen LogP contribution < -0.4 is 10.1 Å². The summed E-state index contributed by atoms with van der Waals surface area (Å²) in [7, 11) is 3.69. The molecule has 0 spiro atoms. The third-order valence-electron chi connectivity index (χ3n) is 3.11. The summed E-state index contributed by atoms with van der Waals surface area (Å²) >= 11 is 0. The fraction of sp³-hybridized carbons (Fsp3) is 0.769. The molecule has 0 aromatic carbocycles. The first-order chi connectivity index (χ1) is 7.94. The molecule has 1 aromatic rings. The van der Waals surface area contributed by atoms with E-state index in [2.05, 4.69) is 42.8 Å². The van der Waals surface area contributed by atoms with Crippen molar-refractivity contribution in [2.75, 3.05) is 20.7 Å². The predicted octanol–water partition coefficient (Wildman–Crippen LogP) is 2.36. The van der Waals surface area contributed by atoms with Crippen LogP contribution in [-0.2, 0) is 5.41 Å². The van der Waals surface area contributed by atoms with Crippen LogP contribution in [0.1, 0.15) is 45.9 Å². The Balaban J connectivity index is 3.12. The van der Waals surface area contributed by atoms with E-state index in [0.717, 1.165) is 18.7 Å². The minimum absolute atomic E-state index is 0.0507. The molecular formula is C13H25N3O. The van der Waals surface area contributed by atoms with Gasteiger partial charge in [0.2, 0.25) is 0 Å². The van der Waals surface area contributed by atoms with Gasteiger partial charge in [-0.1, -0.05) is 13.8 Å². The standard InChI is InChI=1S/C13H25N3O/c1-10(2)16-12(11(17-6)9-15-16)13(3,4)7-8-14-5/h9-10,14H,7-8H2,1-6H3. The van der Waals surface area contributed by atoms with Crippen LogP contribution in [-0.4, -0.2) is 30.5 Å². The highest BCUT2D eigenvalue weighted by Gasteiger charge is 2.29. The number of nitrogens with one attached hydrogen (secondary N) is 1. The maximum atomic E-state index is 5.44. The van der Waals surface area contributed by atoms with Gasteiger partial charge in [-0.05, 0) is 33.9 Å². The molecule has 0 aliphatic rings. The highest BCUT2D eigenvalue weighted by Crippen LogP contribution is 2.35. The summed E-state index contributed by atoms with van der Waals surface area (Å²) < 4.78 is 7.50. The van der Waals surface area contributed by atoms with Gasteiger partial charge in [-0.15, -0.1) is 0 Å². The lowest BCUT2D eigenvalue weighted by atomic mass is 9.84. The Labute approximate surface area is 104 Å². The number of rotatable bonds is 6. The number of aromatic nitrogens is 2. The maximum absolute atomic E-state index is 5.44. The van der Waals surface area contributed by atoms with E-state index in [0.29, 0.717) is 6.04 Å². The number of hydrogen-bond acceptors (Lipinski definition) is 3. The highest BCUT2D eigenvalue weighted by atomic mass is 16.5. The Morgan fingerprint density at radius 3 is 2.59 bits per heavy atom. The third-order valence-corrected chi connectivity index (χ3v) is 3.11. The highest BCUT2D eigenvalue weighted by molar-refractivity contribution is 5.32. The van der Waals surface area contributed by atoms with E-state index >= 15 is 0 Å². The van der Waals surface area contributed by atoms with Crippen LogP contribution in [0.2, 0.25) is 0 Å². The van der Waals surface area contributed by atoms with Crippen molar-refractivity contribution in [2.45, 2.75) is 45.6 Å². The largest absolute Gasteiger partial charge is 0.493 e. The van der Waals surface area contributed by atoms with E-state index < -0.39 is 0 Å². The number of hydrogen-bond donors (Lipinski definition) is 1. The molecule has 17 heavy (non-hydrogen) atoms. The van der Waals surface area contributed by atoms with Crippen molar-refractivity contribution in [3.05, 3.63) is 11.9 Å². The molecule has 0 radical (unpaired) electrons. The van der Waals surface area contributed by atoms with Crippen molar-refractivity contribution < 1.29 is 4.74 Å². The molecule has 4 heteroatoms. The number of methoxy groups -OCH3 is 1. The Morgan fingerprint density at radius 2 is 2.12 bits per heavy atom. The average Bonchev–Trinajstić information content (AvgIpc) is 2.70. The zero-order chi connectivity index (χ0) is 13.1. The molecule has 0 unspecified atom stereocenters. The first-order valence-corrected chi connectivity index (χ1v) is 6.20. The van der Waals surface area contributed by atoms with E-state index in [1.807, 2.05) is 13.2 Å². The molecule has 0 aliphatic heterocycles. The van der Waals surface area contributed by atoms with Gasteiger partial charge in [0.25, 0.3) is 0 Å². The lowest BCUT2D eigenvalue weighted by molar-refractivity contribution is 0.357. The van der Waals surface area contributed by atoms with Crippen LogP contribution in [0.25, 0.3) is 0 Å². The molecule has 1 N–H and O–H groups in total. The predicted molar refractivity (Wildman–Crippen MR) is 70.7 cm³/mol. The quantitative estimate of drug-likeness (QED) is 0.828. The summed E-state index contributed by atoms with van der Waals surface area (Å²) in [5.41, 5.74) is 1.24. The molecule has 1 aromatic heterocycles. The monoisotopic (exact) mass is 239 g/mol. The van der Waals surface area contributed by atoms with E-state index in [1.165, 1.54) is 5.69 Å². The second-order valence-electron chi connectivity index (χ2n) is 5.34.